The molecule has 0 unspecified atom stereocenters. The van der Waals surface area contributed by atoms with Crippen molar-refractivity contribution >= 4 is 5.97 Å². The lowest BCUT2D eigenvalue weighted by Crippen LogP contribution is -1.93. The molecule has 0 heterocycles. The van der Waals surface area contributed by atoms with E-state index in [-0.39, 0.29) is 0 Å². The molecule has 0 fully saturated rings. The highest BCUT2D eigenvalue weighted by molar-refractivity contribution is 5.87. The van der Waals surface area contributed by atoms with Gasteiger partial charge >= 0.3 is 5.97 Å². The molecule has 0 aliphatic carbocycles. The van der Waals surface area contributed by atoms with Gasteiger partial charge in [-0.3, -0.25) is 0 Å². The Balaban J connectivity index is 0.000000310. The number of terminal acetylenes is 2. The fourth-order valence-corrected chi connectivity index (χ4v) is 0.581. The molecule has 1 rings (SSSR count). The van der Waals surface area contributed by atoms with Crippen molar-refractivity contribution in [3.05, 3.63) is 35.9 Å². The Labute approximate surface area is 77.2 Å². The topological polar surface area (TPSA) is 37.3 Å². The van der Waals surface area contributed by atoms with Crippen LogP contribution in [0.25, 0.3) is 0 Å². The number of hydrogen-bond donors (Lipinski definition) is 1. The summed E-state index contributed by atoms with van der Waals surface area (Å²) in [5.41, 5.74) is 0.331. The molecular weight excluding hydrogens is 164 g/mol. The fraction of sp³-hybridized carbons (Fsp3) is 0. The lowest BCUT2D eigenvalue weighted by Gasteiger charge is -1.88. The van der Waals surface area contributed by atoms with Crippen molar-refractivity contribution < 1.29 is 9.90 Å². The molecule has 0 bridgehead atoms. The summed E-state index contributed by atoms with van der Waals surface area (Å²) in [6.45, 7) is 0. The van der Waals surface area contributed by atoms with Crippen LogP contribution < -0.4 is 0 Å². The van der Waals surface area contributed by atoms with E-state index >= 15 is 0 Å². The second-order valence-electron chi connectivity index (χ2n) is 1.96. The second kappa shape index (κ2) is 6.52. The van der Waals surface area contributed by atoms with Crippen LogP contribution >= 0.6 is 0 Å². The zero-order valence-electron chi connectivity index (χ0n) is 6.90. The average Bonchev–Trinajstić information content (AvgIpc) is 2.19. The van der Waals surface area contributed by atoms with Gasteiger partial charge in [0.15, 0.2) is 0 Å². The van der Waals surface area contributed by atoms with Crippen LogP contribution in [0, 0.1) is 24.7 Å². The fourth-order valence-electron chi connectivity index (χ4n) is 0.581. The number of carbonyl (C=O) groups is 1. The van der Waals surface area contributed by atoms with E-state index in [0.29, 0.717) is 5.56 Å². The summed E-state index contributed by atoms with van der Waals surface area (Å²) in [5.74, 6) is 3.04. The average molecular weight is 172 g/mol. The van der Waals surface area contributed by atoms with E-state index in [1.165, 1.54) is 0 Å². The summed E-state index contributed by atoms with van der Waals surface area (Å²) in [6.07, 6.45) is 9.08. The van der Waals surface area contributed by atoms with Gasteiger partial charge < -0.3 is 5.11 Å². The Morgan fingerprint density at radius 2 is 1.62 bits per heavy atom. The van der Waals surface area contributed by atoms with Crippen LogP contribution in [0.2, 0.25) is 0 Å². The largest absolute Gasteiger partial charge is 0.478 e. The number of benzene rings is 1. The van der Waals surface area contributed by atoms with E-state index in [4.69, 9.17) is 5.11 Å². The van der Waals surface area contributed by atoms with Crippen LogP contribution in [0.1, 0.15) is 10.4 Å². The molecule has 0 saturated heterocycles. The standard InChI is InChI=1S/C7H6O2.C4H2/c8-7(9)6-4-2-1-3-5-6;1-3-4-2/h1-5H,(H,8,9);1-2H. The van der Waals surface area contributed by atoms with Gasteiger partial charge in [-0.15, -0.1) is 12.8 Å². The highest BCUT2D eigenvalue weighted by atomic mass is 16.4. The van der Waals surface area contributed by atoms with Crippen LogP contribution in [0.3, 0.4) is 0 Å². The Bertz CT molecular complexity index is 327. The molecule has 13 heavy (non-hydrogen) atoms. The molecule has 0 radical (unpaired) electrons. The maximum Gasteiger partial charge on any atom is 0.335 e. The van der Waals surface area contributed by atoms with Crippen LogP contribution in [-0.2, 0) is 0 Å². The predicted octanol–water partition coefficient (Wildman–Crippen LogP) is 1.64. The summed E-state index contributed by atoms with van der Waals surface area (Å²) in [6, 6.07) is 8.30. The third-order valence-corrected chi connectivity index (χ3v) is 1.10. The van der Waals surface area contributed by atoms with Crippen molar-refractivity contribution in [2.75, 3.05) is 0 Å². The van der Waals surface area contributed by atoms with Crippen molar-refractivity contribution in [3.8, 4) is 24.7 Å². The highest BCUT2D eigenvalue weighted by Gasteiger charge is 1.96. The molecule has 0 aliphatic rings. The first-order valence-electron chi connectivity index (χ1n) is 3.42. The molecule has 0 saturated carbocycles. The summed E-state index contributed by atoms with van der Waals surface area (Å²) in [5, 5.41) is 8.38. The Morgan fingerprint density at radius 3 is 1.85 bits per heavy atom. The SMILES string of the molecule is C#CC#C.O=C(O)c1ccccc1. The smallest absolute Gasteiger partial charge is 0.335 e. The molecule has 0 atom stereocenters. The minimum Gasteiger partial charge on any atom is -0.478 e. The Morgan fingerprint density at radius 1 is 1.15 bits per heavy atom. The minimum absolute atomic E-state index is 0.331. The summed E-state index contributed by atoms with van der Waals surface area (Å²) >= 11 is 0. The number of carboxylic acids is 1. The number of hydrogen-bond acceptors (Lipinski definition) is 1. The van der Waals surface area contributed by atoms with Gasteiger partial charge in [0.25, 0.3) is 0 Å². The van der Waals surface area contributed by atoms with Crippen LogP contribution in [-0.4, -0.2) is 11.1 Å². The van der Waals surface area contributed by atoms with Crippen molar-refractivity contribution in [1.29, 1.82) is 0 Å². The van der Waals surface area contributed by atoms with Gasteiger partial charge in [-0.25, -0.2) is 4.79 Å². The second-order valence-corrected chi connectivity index (χ2v) is 1.96. The van der Waals surface area contributed by atoms with Gasteiger partial charge in [-0.05, 0) is 24.0 Å². The predicted molar refractivity (Wildman–Crippen MR) is 51.1 cm³/mol. The molecule has 2 nitrogen and oxygen atoms in total. The third-order valence-electron chi connectivity index (χ3n) is 1.10. The van der Waals surface area contributed by atoms with Gasteiger partial charge in [0.1, 0.15) is 0 Å². The number of aromatic carboxylic acids is 1. The number of rotatable bonds is 1. The lowest BCUT2D eigenvalue weighted by molar-refractivity contribution is 0.0697. The monoisotopic (exact) mass is 172 g/mol. The molecule has 0 aromatic heterocycles. The first kappa shape index (κ1) is 10.8. The van der Waals surface area contributed by atoms with Crippen molar-refractivity contribution in [2.45, 2.75) is 0 Å². The molecule has 2 heteroatoms. The van der Waals surface area contributed by atoms with E-state index in [1.54, 1.807) is 30.3 Å². The molecule has 0 spiro atoms. The molecule has 1 N–H and O–H groups in total. The molecule has 0 amide bonds. The van der Waals surface area contributed by atoms with Gasteiger partial charge in [-0.2, -0.15) is 0 Å². The van der Waals surface area contributed by atoms with Crippen LogP contribution in [0.5, 0.6) is 0 Å². The summed E-state index contributed by atoms with van der Waals surface area (Å²) in [7, 11) is 0. The molecule has 64 valence electrons. The Hall–Kier alpha value is -2.19. The maximum absolute atomic E-state index is 10.2. The Kier molecular flexibility index (Phi) is 5.42. The van der Waals surface area contributed by atoms with Crippen LogP contribution in [0.15, 0.2) is 30.3 Å². The van der Waals surface area contributed by atoms with E-state index in [0.717, 1.165) is 0 Å². The summed E-state index contributed by atoms with van der Waals surface area (Å²) < 4.78 is 0. The molecule has 1 aromatic rings. The van der Waals surface area contributed by atoms with E-state index in [2.05, 4.69) is 12.8 Å². The van der Waals surface area contributed by atoms with E-state index in [9.17, 15) is 4.79 Å². The zero-order valence-corrected chi connectivity index (χ0v) is 6.90. The van der Waals surface area contributed by atoms with Crippen molar-refractivity contribution in [1.82, 2.24) is 0 Å². The first-order chi connectivity index (χ1) is 6.22. The van der Waals surface area contributed by atoms with E-state index < -0.39 is 5.97 Å². The highest BCUT2D eigenvalue weighted by Crippen LogP contribution is 1.96. The lowest BCUT2D eigenvalue weighted by atomic mass is 10.2. The molecule has 1 aromatic carbocycles. The maximum atomic E-state index is 10.2. The summed E-state index contributed by atoms with van der Waals surface area (Å²) in [4.78, 5) is 10.2. The van der Waals surface area contributed by atoms with Gasteiger partial charge in [0.2, 0.25) is 0 Å². The van der Waals surface area contributed by atoms with Gasteiger partial charge in [-0.1, -0.05) is 18.2 Å². The first-order valence-corrected chi connectivity index (χ1v) is 3.42. The number of carboxylic acid groups (broad SMARTS) is 1. The molecular formula is C11H8O2. The normalized spacial score (nSPS) is 6.92. The third kappa shape index (κ3) is 5.12. The zero-order chi connectivity index (χ0) is 10.1. The minimum atomic E-state index is -0.879. The van der Waals surface area contributed by atoms with E-state index in [1.807, 2.05) is 11.8 Å². The van der Waals surface area contributed by atoms with Crippen LogP contribution in [0.4, 0.5) is 0 Å². The van der Waals surface area contributed by atoms with Gasteiger partial charge in [0, 0.05) is 0 Å². The van der Waals surface area contributed by atoms with Crippen molar-refractivity contribution in [3.63, 3.8) is 0 Å². The van der Waals surface area contributed by atoms with Gasteiger partial charge in [0.05, 0.1) is 5.56 Å². The molecule has 0 aliphatic heterocycles. The van der Waals surface area contributed by atoms with Crippen molar-refractivity contribution in [2.24, 2.45) is 0 Å². The quantitative estimate of drug-likeness (QED) is 0.654.